The molecule has 1 aliphatic rings. The highest BCUT2D eigenvalue weighted by molar-refractivity contribution is 5.79. The van der Waals surface area contributed by atoms with E-state index in [1.807, 2.05) is 13.8 Å². The molecule has 0 aromatic rings. The molecule has 1 atom stereocenters. The van der Waals surface area contributed by atoms with Crippen molar-refractivity contribution in [2.75, 3.05) is 26.7 Å². The van der Waals surface area contributed by atoms with Crippen LogP contribution in [0.4, 0.5) is 4.79 Å². The van der Waals surface area contributed by atoms with Crippen LogP contribution in [-0.4, -0.2) is 53.6 Å². The van der Waals surface area contributed by atoms with Gasteiger partial charge in [-0.25, -0.2) is 4.79 Å². The van der Waals surface area contributed by atoms with E-state index in [9.17, 15) is 9.59 Å². The van der Waals surface area contributed by atoms with E-state index in [0.29, 0.717) is 25.6 Å². The van der Waals surface area contributed by atoms with Gasteiger partial charge in [0.25, 0.3) is 0 Å². The summed E-state index contributed by atoms with van der Waals surface area (Å²) in [5.74, 6) is -0.940. The van der Waals surface area contributed by atoms with Crippen LogP contribution in [0, 0.1) is 11.8 Å². The molecule has 1 saturated heterocycles. The topological polar surface area (TPSA) is 60.9 Å². The lowest BCUT2D eigenvalue weighted by molar-refractivity contribution is -0.143. The van der Waals surface area contributed by atoms with Gasteiger partial charge < -0.3 is 14.9 Å². The molecule has 0 radical (unpaired) electrons. The normalized spacial score (nSPS) is 22.4. The number of amides is 2. The summed E-state index contributed by atoms with van der Waals surface area (Å²) in [5.41, 5.74) is 0. The monoisotopic (exact) mass is 214 g/mol. The number of carboxylic acid groups (broad SMARTS) is 1. The van der Waals surface area contributed by atoms with E-state index in [1.54, 1.807) is 11.9 Å². The minimum atomic E-state index is -0.830. The number of hydrogen-bond donors (Lipinski definition) is 1. The van der Waals surface area contributed by atoms with Crippen LogP contribution in [0.3, 0.4) is 0 Å². The summed E-state index contributed by atoms with van der Waals surface area (Å²) in [5, 5.41) is 8.93. The van der Waals surface area contributed by atoms with Crippen LogP contribution in [0.15, 0.2) is 0 Å². The summed E-state index contributed by atoms with van der Waals surface area (Å²) >= 11 is 0. The minimum absolute atomic E-state index is 0.0683. The molecule has 1 heterocycles. The molecule has 15 heavy (non-hydrogen) atoms. The molecule has 1 unspecified atom stereocenters. The van der Waals surface area contributed by atoms with Gasteiger partial charge in [0.15, 0.2) is 0 Å². The quantitative estimate of drug-likeness (QED) is 0.752. The number of nitrogens with zero attached hydrogens (tertiary/aromatic N) is 2. The van der Waals surface area contributed by atoms with Crippen molar-refractivity contribution in [3.8, 4) is 0 Å². The third kappa shape index (κ3) is 2.84. The van der Waals surface area contributed by atoms with Crippen LogP contribution in [-0.2, 0) is 4.79 Å². The maximum Gasteiger partial charge on any atom is 0.319 e. The molecule has 86 valence electrons. The fraction of sp³-hybridized carbons (Fsp3) is 0.800. The largest absolute Gasteiger partial charge is 0.481 e. The Morgan fingerprint density at radius 3 is 2.60 bits per heavy atom. The van der Waals surface area contributed by atoms with Gasteiger partial charge in [-0.3, -0.25) is 4.79 Å². The molecule has 0 saturated carbocycles. The van der Waals surface area contributed by atoms with Crippen LogP contribution in [0.1, 0.15) is 13.8 Å². The lowest BCUT2D eigenvalue weighted by atomic mass is 10.1. The molecule has 5 heteroatoms. The molecule has 5 nitrogen and oxygen atoms in total. The number of carbonyl (C=O) groups is 2. The van der Waals surface area contributed by atoms with Gasteiger partial charge in [0.1, 0.15) is 0 Å². The Balaban J connectivity index is 2.68. The number of carboxylic acids is 1. The van der Waals surface area contributed by atoms with Gasteiger partial charge in [-0.1, -0.05) is 13.8 Å². The van der Waals surface area contributed by atoms with E-state index in [0.717, 1.165) is 0 Å². The molecule has 1 fully saturated rings. The van der Waals surface area contributed by atoms with Gasteiger partial charge in [0, 0.05) is 26.7 Å². The summed E-state index contributed by atoms with van der Waals surface area (Å²) in [6.45, 7) is 5.28. The minimum Gasteiger partial charge on any atom is -0.481 e. The van der Waals surface area contributed by atoms with Crippen molar-refractivity contribution in [3.63, 3.8) is 0 Å². The maximum atomic E-state index is 11.7. The Hall–Kier alpha value is -1.26. The lowest BCUT2D eigenvalue weighted by Gasteiger charge is -2.37. The molecule has 0 bridgehead atoms. The zero-order valence-corrected chi connectivity index (χ0v) is 9.43. The molecule has 1 aliphatic heterocycles. The summed E-state index contributed by atoms with van der Waals surface area (Å²) in [6.07, 6.45) is 0. The molecule has 2 amide bonds. The summed E-state index contributed by atoms with van der Waals surface area (Å²) in [7, 11) is 1.64. The second-order valence-electron chi connectivity index (χ2n) is 4.50. The fourth-order valence-electron chi connectivity index (χ4n) is 1.80. The number of aliphatic carboxylic acids is 1. The smallest absolute Gasteiger partial charge is 0.319 e. The summed E-state index contributed by atoms with van der Waals surface area (Å²) < 4.78 is 0. The first kappa shape index (κ1) is 11.8. The first-order chi connectivity index (χ1) is 6.91. The maximum absolute atomic E-state index is 11.7. The molecular weight excluding hydrogens is 196 g/mol. The SMILES string of the molecule is CC(C)CN1CC(C(=O)O)CN(C)C1=O. The van der Waals surface area contributed by atoms with E-state index in [-0.39, 0.29) is 6.03 Å². The highest BCUT2D eigenvalue weighted by Gasteiger charge is 2.33. The van der Waals surface area contributed by atoms with Gasteiger partial charge in [-0.15, -0.1) is 0 Å². The van der Waals surface area contributed by atoms with E-state index >= 15 is 0 Å². The van der Waals surface area contributed by atoms with Crippen LogP contribution < -0.4 is 0 Å². The Bertz CT molecular complexity index is 265. The van der Waals surface area contributed by atoms with Crippen LogP contribution in [0.2, 0.25) is 0 Å². The van der Waals surface area contributed by atoms with Crippen LogP contribution >= 0.6 is 0 Å². The average molecular weight is 214 g/mol. The Labute approximate surface area is 89.7 Å². The Kier molecular flexibility index (Phi) is 3.55. The first-order valence-corrected chi connectivity index (χ1v) is 5.14. The van der Waals surface area contributed by atoms with Crippen LogP contribution in [0.5, 0.6) is 0 Å². The van der Waals surface area contributed by atoms with E-state index in [2.05, 4.69) is 0 Å². The van der Waals surface area contributed by atoms with Crippen molar-refractivity contribution in [1.29, 1.82) is 0 Å². The van der Waals surface area contributed by atoms with E-state index in [1.165, 1.54) is 4.90 Å². The zero-order chi connectivity index (χ0) is 11.6. The molecular formula is C10H18N2O3. The van der Waals surface area contributed by atoms with Crippen molar-refractivity contribution >= 4 is 12.0 Å². The standard InChI is InChI=1S/C10H18N2O3/c1-7(2)4-12-6-8(9(13)14)5-11(3)10(12)15/h7-8H,4-6H2,1-3H3,(H,13,14). The summed E-state index contributed by atoms with van der Waals surface area (Å²) in [4.78, 5) is 25.7. The van der Waals surface area contributed by atoms with Gasteiger partial charge >= 0.3 is 12.0 Å². The molecule has 1 N–H and O–H groups in total. The number of carbonyl (C=O) groups excluding carboxylic acids is 1. The molecule has 0 aromatic heterocycles. The van der Waals surface area contributed by atoms with Gasteiger partial charge in [-0.05, 0) is 5.92 Å². The van der Waals surface area contributed by atoms with Crippen molar-refractivity contribution < 1.29 is 14.7 Å². The number of rotatable bonds is 3. The third-order valence-corrected chi connectivity index (χ3v) is 2.47. The molecule has 0 spiro atoms. The fourth-order valence-corrected chi connectivity index (χ4v) is 1.80. The van der Waals surface area contributed by atoms with Crippen molar-refractivity contribution in [2.45, 2.75) is 13.8 Å². The predicted molar refractivity (Wildman–Crippen MR) is 55.6 cm³/mol. The third-order valence-electron chi connectivity index (χ3n) is 2.47. The van der Waals surface area contributed by atoms with Gasteiger partial charge in [0.2, 0.25) is 0 Å². The number of urea groups is 1. The lowest BCUT2D eigenvalue weighted by Crippen LogP contribution is -2.54. The van der Waals surface area contributed by atoms with Crippen molar-refractivity contribution in [1.82, 2.24) is 9.80 Å². The van der Waals surface area contributed by atoms with Crippen molar-refractivity contribution in [2.24, 2.45) is 11.8 Å². The highest BCUT2D eigenvalue weighted by Crippen LogP contribution is 2.14. The first-order valence-electron chi connectivity index (χ1n) is 5.14. The van der Waals surface area contributed by atoms with E-state index < -0.39 is 11.9 Å². The van der Waals surface area contributed by atoms with E-state index in [4.69, 9.17) is 5.11 Å². The second-order valence-corrected chi connectivity index (χ2v) is 4.50. The Morgan fingerprint density at radius 2 is 2.13 bits per heavy atom. The Morgan fingerprint density at radius 1 is 1.53 bits per heavy atom. The highest BCUT2D eigenvalue weighted by atomic mass is 16.4. The number of hydrogen-bond acceptors (Lipinski definition) is 2. The van der Waals surface area contributed by atoms with Crippen molar-refractivity contribution in [3.05, 3.63) is 0 Å². The second kappa shape index (κ2) is 4.51. The molecule has 1 rings (SSSR count). The molecule has 0 aromatic carbocycles. The average Bonchev–Trinajstić information content (AvgIpc) is 2.11. The predicted octanol–water partition coefficient (Wildman–Crippen LogP) is 0.711. The van der Waals surface area contributed by atoms with Gasteiger partial charge in [-0.2, -0.15) is 0 Å². The van der Waals surface area contributed by atoms with Crippen LogP contribution in [0.25, 0.3) is 0 Å². The van der Waals surface area contributed by atoms with Gasteiger partial charge in [0.05, 0.1) is 5.92 Å². The molecule has 0 aliphatic carbocycles. The zero-order valence-electron chi connectivity index (χ0n) is 9.43. The summed E-state index contributed by atoms with van der Waals surface area (Å²) in [6, 6.07) is -0.0683.